The molecule has 1 aromatic carbocycles. The van der Waals surface area contributed by atoms with E-state index >= 15 is 0 Å². The minimum absolute atomic E-state index is 0.0465. The largest absolute Gasteiger partial charge is 0.395 e. The molecule has 11 heteroatoms. The fourth-order valence-corrected chi connectivity index (χ4v) is 5.47. The molecule has 2 heterocycles. The maximum Gasteiger partial charge on any atom is 0.253 e. The highest BCUT2D eigenvalue weighted by Crippen LogP contribution is 2.44. The number of hydrogen-bond acceptors (Lipinski definition) is 7. The molecule has 4 rings (SSSR count). The first kappa shape index (κ1) is 24.9. The third-order valence-corrected chi connectivity index (χ3v) is 7.26. The Balaban J connectivity index is 1.57. The smallest absolute Gasteiger partial charge is 0.253 e. The lowest BCUT2D eigenvalue weighted by Gasteiger charge is -2.49. The Morgan fingerprint density at radius 3 is 2.53 bits per heavy atom. The fraction of sp³-hybridized carbons (Fsp3) is 0.652. The number of halogens is 2. The van der Waals surface area contributed by atoms with Crippen LogP contribution in [0.2, 0.25) is 0 Å². The monoisotopic (exact) mass is 480 g/mol. The number of hydrazine groups is 1. The number of anilines is 1. The van der Waals surface area contributed by atoms with Gasteiger partial charge in [-0.05, 0) is 30.7 Å². The Labute approximate surface area is 198 Å². The number of amides is 2. The molecule has 9 nitrogen and oxygen atoms in total. The molecule has 3 aliphatic rings. The Bertz CT molecular complexity index is 888. The summed E-state index contributed by atoms with van der Waals surface area (Å²) in [5, 5.41) is 17.4. The Kier molecular flexibility index (Phi) is 8.10. The summed E-state index contributed by atoms with van der Waals surface area (Å²) in [4.78, 5) is 28.3. The molecule has 3 fully saturated rings. The van der Waals surface area contributed by atoms with Gasteiger partial charge in [0.2, 0.25) is 5.91 Å². The van der Waals surface area contributed by atoms with Crippen LogP contribution in [0.25, 0.3) is 0 Å². The van der Waals surface area contributed by atoms with E-state index in [2.05, 4.69) is 31.7 Å². The van der Waals surface area contributed by atoms with Crippen LogP contribution in [0.1, 0.15) is 55.3 Å². The number of carbonyl (C=O) groups excluding carboxylic acids is 2. The van der Waals surface area contributed by atoms with Gasteiger partial charge in [0, 0.05) is 32.4 Å². The number of rotatable bonds is 6. The van der Waals surface area contributed by atoms with Crippen LogP contribution in [-0.2, 0) is 4.79 Å². The Hall–Kier alpha value is -2.18. The highest BCUT2D eigenvalue weighted by Gasteiger charge is 2.48. The summed E-state index contributed by atoms with van der Waals surface area (Å²) in [6.07, 6.45) is 6.95. The maximum absolute atomic E-state index is 14.1. The van der Waals surface area contributed by atoms with Gasteiger partial charge in [0.25, 0.3) is 5.91 Å². The van der Waals surface area contributed by atoms with Gasteiger partial charge in [-0.2, -0.15) is 0 Å². The highest BCUT2D eigenvalue weighted by atomic mass is 19.2. The molecular weight excluding hydrogens is 446 g/mol. The van der Waals surface area contributed by atoms with E-state index in [0.29, 0.717) is 0 Å². The molecule has 0 radical (unpaired) electrons. The molecule has 2 amide bonds. The zero-order valence-electron chi connectivity index (χ0n) is 19.3. The van der Waals surface area contributed by atoms with Gasteiger partial charge >= 0.3 is 0 Å². The van der Waals surface area contributed by atoms with Gasteiger partial charge < -0.3 is 21.1 Å². The molecule has 1 spiro atoms. The predicted molar refractivity (Wildman–Crippen MR) is 123 cm³/mol. The average Bonchev–Trinajstić information content (AvgIpc) is 3.27. The molecule has 1 aliphatic carbocycles. The Morgan fingerprint density at radius 1 is 1.12 bits per heavy atom. The predicted octanol–water partition coefficient (Wildman–Crippen LogP) is 1.02. The van der Waals surface area contributed by atoms with Crippen molar-refractivity contribution in [3.8, 4) is 0 Å². The SMILES string of the molecule is O=C(NCCO)c1cc(F)c(F)cc1NC(=O)C1NNC(N2CCNC2)CC12CCCCCC2. The molecule has 188 valence electrons. The van der Waals surface area contributed by atoms with Crippen molar-refractivity contribution in [2.75, 3.05) is 38.2 Å². The van der Waals surface area contributed by atoms with E-state index < -0.39 is 29.5 Å². The average molecular weight is 481 g/mol. The van der Waals surface area contributed by atoms with E-state index in [-0.39, 0.29) is 36.0 Å². The normalized spacial score (nSPS) is 25.1. The third kappa shape index (κ3) is 5.38. The lowest BCUT2D eigenvalue weighted by Crippen LogP contribution is -2.68. The molecule has 1 aromatic rings. The van der Waals surface area contributed by atoms with Gasteiger partial charge in [-0.3, -0.25) is 14.5 Å². The van der Waals surface area contributed by atoms with Crippen molar-refractivity contribution in [1.82, 2.24) is 26.4 Å². The lowest BCUT2D eigenvalue weighted by molar-refractivity contribution is -0.125. The van der Waals surface area contributed by atoms with Crippen molar-refractivity contribution in [2.24, 2.45) is 5.41 Å². The second-order valence-corrected chi connectivity index (χ2v) is 9.47. The van der Waals surface area contributed by atoms with E-state index in [9.17, 15) is 18.4 Å². The van der Waals surface area contributed by atoms with Crippen LogP contribution in [0.4, 0.5) is 14.5 Å². The number of nitrogens with zero attached hydrogens (tertiary/aromatic N) is 1. The standard InChI is InChI=1S/C23H34F2N6O3/c24-16-11-15(21(33)27-8-10-32)18(12-17(16)25)28-22(34)20-23(5-3-1-2-4-6-23)13-19(29-30-20)31-9-7-26-14-31/h11-12,19-20,26,29-30,32H,1-10,13-14H2,(H,27,33)(H,28,34). The maximum atomic E-state index is 14.1. The molecular formula is C23H34F2N6O3. The summed E-state index contributed by atoms with van der Waals surface area (Å²) in [6.45, 7) is 2.29. The summed E-state index contributed by atoms with van der Waals surface area (Å²) in [7, 11) is 0. The molecule has 2 unspecified atom stereocenters. The summed E-state index contributed by atoms with van der Waals surface area (Å²) >= 11 is 0. The van der Waals surface area contributed by atoms with Crippen LogP contribution < -0.4 is 26.8 Å². The lowest BCUT2D eigenvalue weighted by atomic mass is 9.69. The van der Waals surface area contributed by atoms with Crippen LogP contribution in [0, 0.1) is 17.0 Å². The third-order valence-electron chi connectivity index (χ3n) is 7.26. The molecule has 6 N–H and O–H groups in total. The zero-order chi connectivity index (χ0) is 24.1. The van der Waals surface area contributed by atoms with E-state index in [1.165, 1.54) is 0 Å². The van der Waals surface area contributed by atoms with Gasteiger partial charge in [0.1, 0.15) is 6.04 Å². The van der Waals surface area contributed by atoms with Crippen LogP contribution in [0.3, 0.4) is 0 Å². The first-order chi connectivity index (χ1) is 16.4. The molecule has 34 heavy (non-hydrogen) atoms. The second kappa shape index (κ2) is 11.0. The number of nitrogens with one attached hydrogen (secondary N) is 5. The highest BCUT2D eigenvalue weighted by molar-refractivity contribution is 6.05. The first-order valence-electron chi connectivity index (χ1n) is 12.1. The van der Waals surface area contributed by atoms with Gasteiger partial charge in [-0.1, -0.05) is 25.7 Å². The first-order valence-corrected chi connectivity index (χ1v) is 12.1. The van der Waals surface area contributed by atoms with Gasteiger partial charge in [-0.15, -0.1) is 0 Å². The van der Waals surface area contributed by atoms with Crippen molar-refractivity contribution in [3.63, 3.8) is 0 Å². The number of aliphatic hydroxyl groups is 1. The molecule has 2 atom stereocenters. The van der Waals surface area contributed by atoms with Gasteiger partial charge in [0.15, 0.2) is 11.6 Å². The van der Waals surface area contributed by atoms with E-state index in [1.54, 1.807) is 0 Å². The molecule has 0 bridgehead atoms. The molecule has 2 saturated heterocycles. The minimum atomic E-state index is -1.19. The van der Waals surface area contributed by atoms with Crippen molar-refractivity contribution < 1.29 is 23.5 Å². The van der Waals surface area contributed by atoms with Crippen molar-refractivity contribution in [3.05, 3.63) is 29.3 Å². The van der Waals surface area contributed by atoms with Crippen molar-refractivity contribution in [1.29, 1.82) is 0 Å². The van der Waals surface area contributed by atoms with Crippen LogP contribution in [0.5, 0.6) is 0 Å². The number of hydrogen-bond donors (Lipinski definition) is 6. The fourth-order valence-electron chi connectivity index (χ4n) is 5.47. The van der Waals surface area contributed by atoms with Crippen LogP contribution in [-0.4, -0.2) is 66.9 Å². The van der Waals surface area contributed by atoms with E-state index in [1.807, 2.05) is 0 Å². The van der Waals surface area contributed by atoms with Gasteiger partial charge in [0.05, 0.1) is 24.0 Å². The van der Waals surface area contributed by atoms with E-state index in [0.717, 1.165) is 76.8 Å². The van der Waals surface area contributed by atoms with Crippen LogP contribution >= 0.6 is 0 Å². The number of aliphatic hydroxyl groups excluding tert-OH is 1. The van der Waals surface area contributed by atoms with Crippen molar-refractivity contribution in [2.45, 2.75) is 57.2 Å². The summed E-state index contributed by atoms with van der Waals surface area (Å²) in [6, 6.07) is 0.997. The summed E-state index contributed by atoms with van der Waals surface area (Å²) < 4.78 is 28.0. The topological polar surface area (TPSA) is 118 Å². The second-order valence-electron chi connectivity index (χ2n) is 9.47. The summed E-state index contributed by atoms with van der Waals surface area (Å²) in [5.41, 5.74) is 5.93. The molecule has 2 aliphatic heterocycles. The quantitative estimate of drug-likeness (QED) is 0.360. The van der Waals surface area contributed by atoms with Gasteiger partial charge in [-0.25, -0.2) is 19.6 Å². The Morgan fingerprint density at radius 2 is 1.85 bits per heavy atom. The number of carbonyl (C=O) groups is 2. The minimum Gasteiger partial charge on any atom is -0.395 e. The molecule has 1 saturated carbocycles. The zero-order valence-corrected chi connectivity index (χ0v) is 19.3. The number of benzene rings is 1. The molecule has 0 aromatic heterocycles. The van der Waals surface area contributed by atoms with E-state index in [4.69, 9.17) is 5.11 Å². The van der Waals surface area contributed by atoms with Crippen molar-refractivity contribution >= 4 is 17.5 Å². The van der Waals surface area contributed by atoms with Crippen LogP contribution in [0.15, 0.2) is 12.1 Å². The summed E-state index contributed by atoms with van der Waals surface area (Å²) in [5.74, 6) is -3.44.